The van der Waals surface area contributed by atoms with Crippen molar-refractivity contribution in [1.82, 2.24) is 0 Å². The fourth-order valence-corrected chi connectivity index (χ4v) is 6.02. The van der Waals surface area contributed by atoms with Crippen LogP contribution >= 0.6 is 7.82 Å². The van der Waals surface area contributed by atoms with E-state index < -0.39 is 45.1 Å². The number of rotatable bonds is 37. The van der Waals surface area contributed by atoms with Crippen molar-refractivity contribution in [2.45, 2.75) is 187 Å². The van der Waals surface area contributed by atoms with E-state index in [1.165, 1.54) is 96.3 Å². The number of carboxylic acid groups (broad SMARTS) is 1. The highest BCUT2D eigenvalue weighted by Crippen LogP contribution is 2.43. The lowest BCUT2D eigenvalue weighted by Gasteiger charge is -2.20. The van der Waals surface area contributed by atoms with Gasteiger partial charge in [-0.05, 0) is 38.5 Å². The Morgan fingerprint density at radius 2 is 1.08 bits per heavy atom. The van der Waals surface area contributed by atoms with Gasteiger partial charge in [0.2, 0.25) is 0 Å². The number of allylic oxidation sites excluding steroid dienone is 2. The van der Waals surface area contributed by atoms with Crippen molar-refractivity contribution in [1.29, 1.82) is 0 Å². The summed E-state index contributed by atoms with van der Waals surface area (Å²) < 4.78 is 33.2. The molecule has 0 spiro atoms. The van der Waals surface area contributed by atoms with Gasteiger partial charge in [0.25, 0.3) is 0 Å². The number of hydrogen-bond donors (Lipinski definition) is 3. The lowest BCUT2D eigenvalue weighted by molar-refractivity contribution is -0.154. The van der Waals surface area contributed by atoms with E-state index in [1.807, 2.05) is 0 Å². The first kappa shape index (κ1) is 46.7. The van der Waals surface area contributed by atoms with Crippen LogP contribution in [0.25, 0.3) is 0 Å². The molecule has 0 aromatic heterocycles. The Bertz CT molecular complexity index is 827. The molecule has 0 amide bonds. The van der Waals surface area contributed by atoms with Crippen LogP contribution in [0.4, 0.5) is 0 Å². The number of esters is 1. The van der Waals surface area contributed by atoms with E-state index in [4.69, 9.17) is 24.8 Å². The second-order valence-electron chi connectivity index (χ2n) is 13.1. The zero-order chi connectivity index (χ0) is 35.6. The Morgan fingerprint density at radius 3 is 1.60 bits per heavy atom. The monoisotopic (exact) mass is 705 g/mol. The molecule has 0 radical (unpaired) electrons. The van der Waals surface area contributed by atoms with Gasteiger partial charge in [0, 0.05) is 13.0 Å². The van der Waals surface area contributed by atoms with Gasteiger partial charge in [0.05, 0.1) is 19.8 Å². The number of carbonyl (C=O) groups is 2. The minimum Gasteiger partial charge on any atom is -0.480 e. The van der Waals surface area contributed by atoms with Crippen LogP contribution in [0.5, 0.6) is 0 Å². The van der Waals surface area contributed by atoms with Gasteiger partial charge in [-0.3, -0.25) is 18.6 Å². The van der Waals surface area contributed by atoms with Crippen molar-refractivity contribution < 1.29 is 42.7 Å². The molecule has 0 fully saturated rings. The quantitative estimate of drug-likeness (QED) is 0.0246. The maximum atomic E-state index is 12.5. The Morgan fingerprint density at radius 1 is 0.646 bits per heavy atom. The van der Waals surface area contributed by atoms with Gasteiger partial charge in [-0.2, -0.15) is 0 Å². The SMILES string of the molecule is CCCCCC/C=C\CCCCCCCC(=O)OC(COCCCCCCCCCCCCCCC)COP(=O)(O)OCC(N)C(=O)O. The van der Waals surface area contributed by atoms with Crippen LogP contribution < -0.4 is 5.73 Å². The zero-order valence-corrected chi connectivity index (χ0v) is 31.5. The van der Waals surface area contributed by atoms with Crippen LogP contribution in [-0.4, -0.2) is 60.5 Å². The van der Waals surface area contributed by atoms with Crippen molar-refractivity contribution >= 4 is 19.8 Å². The molecule has 284 valence electrons. The minimum absolute atomic E-state index is 0.0186. The normalized spacial score (nSPS) is 14.2. The van der Waals surface area contributed by atoms with Crippen LogP contribution in [0.2, 0.25) is 0 Å². The molecule has 0 rings (SSSR count). The summed E-state index contributed by atoms with van der Waals surface area (Å²) in [4.78, 5) is 33.4. The van der Waals surface area contributed by atoms with Crippen molar-refractivity contribution in [2.75, 3.05) is 26.4 Å². The standard InChI is InChI=1S/C37H72NO9P/c1-3-5-7-9-11-13-15-17-19-21-23-25-27-29-36(39)47-34(32-45-48(42,43)46-33-35(38)37(40)41)31-44-30-28-26-24-22-20-18-16-14-12-10-8-6-4-2/h13,15,34-35H,3-12,14,16-33,38H2,1-2H3,(H,40,41)(H,42,43)/b15-13-. The molecule has 11 heteroatoms. The average molecular weight is 706 g/mol. The summed E-state index contributed by atoms with van der Waals surface area (Å²) in [5, 5.41) is 8.86. The summed E-state index contributed by atoms with van der Waals surface area (Å²) in [7, 11) is -4.60. The van der Waals surface area contributed by atoms with Gasteiger partial charge in [-0.15, -0.1) is 0 Å². The molecule has 0 heterocycles. The number of carbonyl (C=O) groups excluding carboxylic acids is 1. The van der Waals surface area contributed by atoms with Crippen LogP contribution in [0.1, 0.15) is 174 Å². The van der Waals surface area contributed by atoms with Gasteiger partial charge >= 0.3 is 19.8 Å². The van der Waals surface area contributed by atoms with Gasteiger partial charge in [0.15, 0.2) is 0 Å². The van der Waals surface area contributed by atoms with E-state index in [0.717, 1.165) is 51.4 Å². The molecule has 0 saturated carbocycles. The molecule has 0 saturated heterocycles. The van der Waals surface area contributed by atoms with Gasteiger partial charge in [-0.25, -0.2) is 4.57 Å². The van der Waals surface area contributed by atoms with Crippen molar-refractivity contribution in [3.8, 4) is 0 Å². The molecular formula is C37H72NO9P. The van der Waals surface area contributed by atoms with Crippen LogP contribution in [0.15, 0.2) is 12.2 Å². The molecule has 3 atom stereocenters. The minimum atomic E-state index is -4.60. The van der Waals surface area contributed by atoms with Gasteiger partial charge in [-0.1, -0.05) is 142 Å². The molecular weight excluding hydrogens is 633 g/mol. The van der Waals surface area contributed by atoms with E-state index in [2.05, 4.69) is 30.5 Å². The average Bonchev–Trinajstić information content (AvgIpc) is 3.06. The molecule has 3 unspecified atom stereocenters. The molecule has 4 N–H and O–H groups in total. The first-order valence-corrected chi connectivity index (χ1v) is 20.7. The highest BCUT2D eigenvalue weighted by atomic mass is 31.2. The number of aliphatic carboxylic acids is 1. The van der Waals surface area contributed by atoms with Crippen molar-refractivity contribution in [2.24, 2.45) is 5.73 Å². The Labute approximate surface area is 292 Å². The number of carboxylic acids is 1. The molecule has 0 aromatic carbocycles. The maximum absolute atomic E-state index is 12.5. The van der Waals surface area contributed by atoms with E-state index in [-0.39, 0.29) is 13.0 Å². The van der Waals surface area contributed by atoms with E-state index >= 15 is 0 Å². The number of unbranched alkanes of at least 4 members (excludes halogenated alkanes) is 21. The number of ether oxygens (including phenoxy) is 2. The predicted octanol–water partition coefficient (Wildman–Crippen LogP) is 9.81. The van der Waals surface area contributed by atoms with E-state index in [9.17, 15) is 19.0 Å². The summed E-state index contributed by atoms with van der Waals surface area (Å²) >= 11 is 0. The maximum Gasteiger partial charge on any atom is 0.472 e. The number of phosphoric ester groups is 1. The summed E-state index contributed by atoms with van der Waals surface area (Å²) in [5.74, 6) is -1.78. The summed E-state index contributed by atoms with van der Waals surface area (Å²) in [6.07, 6.45) is 32.6. The summed E-state index contributed by atoms with van der Waals surface area (Å²) in [5.41, 5.74) is 5.33. The lowest BCUT2D eigenvalue weighted by atomic mass is 10.0. The largest absolute Gasteiger partial charge is 0.480 e. The fourth-order valence-electron chi connectivity index (χ4n) is 5.24. The fraction of sp³-hybridized carbons (Fsp3) is 0.892. The third-order valence-corrected chi connectivity index (χ3v) is 9.25. The Kier molecular flexibility index (Phi) is 33.3. The second-order valence-corrected chi connectivity index (χ2v) is 14.5. The van der Waals surface area contributed by atoms with Crippen molar-refractivity contribution in [3.63, 3.8) is 0 Å². The van der Waals surface area contributed by atoms with Crippen molar-refractivity contribution in [3.05, 3.63) is 12.2 Å². The number of hydrogen-bond acceptors (Lipinski definition) is 8. The highest BCUT2D eigenvalue weighted by Gasteiger charge is 2.27. The zero-order valence-electron chi connectivity index (χ0n) is 30.6. The van der Waals surface area contributed by atoms with Crippen LogP contribution in [0.3, 0.4) is 0 Å². The first-order valence-electron chi connectivity index (χ1n) is 19.2. The molecule has 0 bridgehead atoms. The molecule has 10 nitrogen and oxygen atoms in total. The molecule has 0 aliphatic carbocycles. The third kappa shape index (κ3) is 33.2. The second kappa shape index (κ2) is 34.2. The number of nitrogens with two attached hydrogens (primary N) is 1. The lowest BCUT2D eigenvalue weighted by Crippen LogP contribution is -2.34. The molecule has 0 aliphatic rings. The Hall–Kier alpha value is -1.29. The van der Waals surface area contributed by atoms with E-state index in [0.29, 0.717) is 13.0 Å². The third-order valence-electron chi connectivity index (χ3n) is 8.29. The first-order chi connectivity index (χ1) is 23.2. The van der Waals surface area contributed by atoms with E-state index in [1.54, 1.807) is 0 Å². The molecule has 0 aromatic rings. The summed E-state index contributed by atoms with van der Waals surface area (Å²) in [6.45, 7) is 3.86. The van der Waals surface area contributed by atoms with Crippen LogP contribution in [0, 0.1) is 0 Å². The van der Waals surface area contributed by atoms with Gasteiger partial charge in [0.1, 0.15) is 12.1 Å². The van der Waals surface area contributed by atoms with Crippen LogP contribution in [-0.2, 0) is 32.7 Å². The topological polar surface area (TPSA) is 155 Å². The molecule has 0 aliphatic heterocycles. The summed E-state index contributed by atoms with van der Waals surface area (Å²) in [6, 6.07) is -1.47. The highest BCUT2D eigenvalue weighted by molar-refractivity contribution is 7.47. The van der Waals surface area contributed by atoms with Gasteiger partial charge < -0.3 is 25.2 Å². The smallest absolute Gasteiger partial charge is 0.472 e. The Balaban J connectivity index is 4.30. The predicted molar refractivity (Wildman–Crippen MR) is 194 cm³/mol. The molecule has 48 heavy (non-hydrogen) atoms. The number of phosphoric acid groups is 1.